The molecular weight excluding hydrogens is 65.8 g/mol. The molecule has 0 N–H and O–H groups in total. The Bertz CT molecular complexity index is 10.8. The number of hydrogen-bond acceptors (Lipinski definition) is 0. The molecule has 0 heterocycles. The summed E-state index contributed by atoms with van der Waals surface area (Å²) in [6, 6.07) is 0. The number of hydrogen-bond donors (Lipinski definition) is 0. The van der Waals surface area contributed by atoms with Crippen molar-refractivity contribution in [3.63, 3.8) is 0 Å². The molecule has 0 bridgehead atoms. The Morgan fingerprint density at radius 2 is 1.50 bits per heavy atom. The van der Waals surface area contributed by atoms with Gasteiger partial charge in [0.1, 0.15) is 0 Å². The van der Waals surface area contributed by atoms with Crippen LogP contribution in [0.3, 0.4) is 0 Å². The van der Waals surface area contributed by atoms with E-state index in [2.05, 4.69) is 22.8 Å². The van der Waals surface area contributed by atoms with Gasteiger partial charge in [-0.25, -0.2) is 0 Å². The van der Waals surface area contributed by atoms with Gasteiger partial charge in [-0.05, 0) is 0 Å². The molecule has 0 aromatic carbocycles. The molecule has 0 spiro atoms. The molecule has 0 nitrogen and oxygen atoms in total. The summed E-state index contributed by atoms with van der Waals surface area (Å²) >= 11 is 0. The quantitative estimate of drug-likeness (QED) is 0.298. The largest absolute Gasteiger partial charge is 0.171 e. The SMILES string of the molecule is CB(C)P. The predicted octanol–water partition coefficient (Wildman–Crippen LogP) is 1.11. The van der Waals surface area contributed by atoms with Crippen LogP contribution < -0.4 is 0 Å². The van der Waals surface area contributed by atoms with E-state index in [0.29, 0.717) is 0 Å². The molecule has 0 saturated carbocycles. The van der Waals surface area contributed by atoms with E-state index in [0.717, 1.165) is 6.43 Å². The molecule has 0 fully saturated rings. The normalized spacial score (nSPS) is 6.75. The van der Waals surface area contributed by atoms with Crippen LogP contribution in [0.1, 0.15) is 0 Å². The molecule has 0 aromatic rings. The van der Waals surface area contributed by atoms with E-state index in [1.54, 1.807) is 0 Å². The zero-order valence-corrected chi connectivity index (χ0v) is 4.31. The summed E-state index contributed by atoms with van der Waals surface area (Å²) in [4.78, 5) is 0. The topological polar surface area (TPSA) is 0 Å². The fourth-order valence-corrected chi connectivity index (χ4v) is 0. The Kier molecular flexibility index (Phi) is 2.00. The average Bonchev–Trinajstić information content (AvgIpc) is 0.811. The predicted molar refractivity (Wildman–Crippen MR) is 27.2 cm³/mol. The van der Waals surface area contributed by atoms with Crippen molar-refractivity contribution in [2.45, 2.75) is 13.6 Å². The van der Waals surface area contributed by atoms with Gasteiger partial charge in [-0.15, -0.1) is 0 Å². The molecule has 0 aliphatic carbocycles. The molecule has 2 heteroatoms. The zero-order valence-electron chi connectivity index (χ0n) is 3.15. The minimum Gasteiger partial charge on any atom is -0.171 e. The zero-order chi connectivity index (χ0) is 3.58. The van der Waals surface area contributed by atoms with Crippen LogP contribution in [-0.4, -0.2) is 6.43 Å². The van der Waals surface area contributed by atoms with Crippen LogP contribution in [0, 0.1) is 0 Å². The Hall–Kier alpha value is 0.495. The van der Waals surface area contributed by atoms with Crippen molar-refractivity contribution in [3.8, 4) is 0 Å². The smallest absolute Gasteiger partial charge is 0.157 e. The van der Waals surface area contributed by atoms with E-state index < -0.39 is 0 Å². The summed E-state index contributed by atoms with van der Waals surface area (Å²) in [7, 11) is 2.66. The van der Waals surface area contributed by atoms with Crippen molar-refractivity contribution in [1.82, 2.24) is 0 Å². The molecule has 1 atom stereocenters. The Balaban J connectivity index is 2.32. The third kappa shape index (κ3) is 22.8. The molecule has 0 rings (SSSR count). The second-order valence-corrected chi connectivity index (χ2v) is 2.58. The first-order valence-corrected chi connectivity index (χ1v) is 2.15. The van der Waals surface area contributed by atoms with Crippen LogP contribution in [0.5, 0.6) is 0 Å². The second-order valence-electron chi connectivity index (χ2n) is 1.24. The standard InChI is InChI=1S/C2H8BP/c1-3(2)4/h4H2,1-2H3. The van der Waals surface area contributed by atoms with E-state index >= 15 is 0 Å². The fourth-order valence-electron chi connectivity index (χ4n) is 0. The third-order valence-electron chi connectivity index (χ3n) is 0. The first kappa shape index (κ1) is 4.49. The minimum atomic E-state index is 0.750. The van der Waals surface area contributed by atoms with Gasteiger partial charge in [0.25, 0.3) is 0 Å². The summed E-state index contributed by atoms with van der Waals surface area (Å²) in [5.41, 5.74) is 0. The van der Waals surface area contributed by atoms with Gasteiger partial charge in [-0.2, -0.15) is 9.12 Å². The van der Waals surface area contributed by atoms with Crippen molar-refractivity contribution in [2.75, 3.05) is 0 Å². The first-order valence-electron chi connectivity index (χ1n) is 1.49. The van der Waals surface area contributed by atoms with Crippen molar-refractivity contribution in [2.24, 2.45) is 0 Å². The highest BCUT2D eigenvalue weighted by atomic mass is 31.0. The lowest BCUT2D eigenvalue weighted by atomic mass is 9.84. The highest BCUT2D eigenvalue weighted by Crippen LogP contribution is 1.85. The summed E-state index contributed by atoms with van der Waals surface area (Å²) in [5.74, 6) is 0. The molecule has 0 aromatic heterocycles. The molecule has 24 valence electrons. The van der Waals surface area contributed by atoms with Crippen LogP contribution in [0.2, 0.25) is 13.6 Å². The minimum absolute atomic E-state index is 0.750. The van der Waals surface area contributed by atoms with Gasteiger partial charge in [0.05, 0.1) is 0 Å². The molecule has 0 radical (unpaired) electrons. The van der Waals surface area contributed by atoms with Gasteiger partial charge in [-0.3, -0.25) is 0 Å². The van der Waals surface area contributed by atoms with Crippen LogP contribution in [0.4, 0.5) is 0 Å². The third-order valence-corrected chi connectivity index (χ3v) is 0. The van der Waals surface area contributed by atoms with Crippen molar-refractivity contribution < 1.29 is 0 Å². The van der Waals surface area contributed by atoms with Crippen molar-refractivity contribution in [1.29, 1.82) is 0 Å². The highest BCUT2D eigenvalue weighted by Gasteiger charge is 1.76. The van der Waals surface area contributed by atoms with Crippen LogP contribution in [-0.2, 0) is 0 Å². The summed E-state index contributed by atoms with van der Waals surface area (Å²) < 4.78 is 0. The second kappa shape index (κ2) is 1.78. The van der Waals surface area contributed by atoms with Gasteiger partial charge in [-0.1, -0.05) is 13.6 Å². The van der Waals surface area contributed by atoms with E-state index in [1.807, 2.05) is 0 Å². The fraction of sp³-hybridized carbons (Fsp3) is 1.00. The van der Waals surface area contributed by atoms with Crippen molar-refractivity contribution in [3.05, 3.63) is 0 Å². The monoisotopic (exact) mass is 74.0 g/mol. The lowest BCUT2D eigenvalue weighted by Crippen LogP contribution is -1.77. The Labute approximate surface area is 30.2 Å². The van der Waals surface area contributed by atoms with E-state index in [1.165, 1.54) is 0 Å². The maximum absolute atomic E-state index is 2.66. The lowest BCUT2D eigenvalue weighted by Gasteiger charge is -1.71. The molecule has 0 amide bonds. The summed E-state index contributed by atoms with van der Waals surface area (Å²) in [6.07, 6.45) is 0.750. The molecule has 0 aliphatic heterocycles. The van der Waals surface area contributed by atoms with Gasteiger partial charge < -0.3 is 0 Å². The van der Waals surface area contributed by atoms with Gasteiger partial charge in [0.2, 0.25) is 0 Å². The maximum Gasteiger partial charge on any atom is 0.157 e. The van der Waals surface area contributed by atoms with Gasteiger partial charge >= 0.3 is 0 Å². The average molecular weight is 73.9 g/mol. The van der Waals surface area contributed by atoms with Crippen molar-refractivity contribution >= 4 is 15.6 Å². The van der Waals surface area contributed by atoms with E-state index in [-0.39, 0.29) is 0 Å². The molecular formula is C2H8BP. The van der Waals surface area contributed by atoms with Gasteiger partial charge in [0, 0.05) is 0 Å². The molecule has 0 saturated heterocycles. The number of rotatable bonds is 0. The van der Waals surface area contributed by atoms with Crippen LogP contribution in [0.15, 0.2) is 0 Å². The van der Waals surface area contributed by atoms with E-state index in [9.17, 15) is 0 Å². The summed E-state index contributed by atoms with van der Waals surface area (Å²) in [5, 5.41) is 0. The first-order chi connectivity index (χ1) is 1.73. The Morgan fingerprint density at radius 3 is 1.50 bits per heavy atom. The lowest BCUT2D eigenvalue weighted by molar-refractivity contribution is 2.11. The van der Waals surface area contributed by atoms with Crippen LogP contribution in [0.25, 0.3) is 0 Å². The highest BCUT2D eigenvalue weighted by molar-refractivity contribution is 7.61. The molecule has 4 heavy (non-hydrogen) atoms. The maximum atomic E-state index is 2.66. The van der Waals surface area contributed by atoms with Gasteiger partial charge in [0.15, 0.2) is 6.43 Å². The molecule has 1 unspecified atom stereocenters. The van der Waals surface area contributed by atoms with E-state index in [4.69, 9.17) is 0 Å². The summed E-state index contributed by atoms with van der Waals surface area (Å²) in [6.45, 7) is 4.26. The van der Waals surface area contributed by atoms with Crippen LogP contribution >= 0.6 is 9.12 Å². The molecule has 0 aliphatic rings. The Morgan fingerprint density at radius 1 is 1.50 bits per heavy atom.